The second-order valence-electron chi connectivity index (χ2n) is 11.7. The molecule has 0 amide bonds. The summed E-state index contributed by atoms with van der Waals surface area (Å²) in [4.78, 5) is 29.8. The Morgan fingerprint density at radius 3 is 2.75 bits per heavy atom. The molecule has 2 aromatic heterocycles. The Balaban J connectivity index is 1.29. The molecule has 3 fully saturated rings. The van der Waals surface area contributed by atoms with Gasteiger partial charge >= 0.3 is 0 Å². The molecule has 2 aliphatic heterocycles. The first-order valence-corrected chi connectivity index (χ1v) is 15.5. The zero-order chi connectivity index (χ0) is 27.9. The average molecular weight is 562 g/mol. The molecule has 4 N–H and O–H groups in total. The van der Waals surface area contributed by atoms with Gasteiger partial charge in [-0.1, -0.05) is 0 Å². The predicted molar refractivity (Wildman–Crippen MR) is 157 cm³/mol. The Morgan fingerprint density at radius 2 is 1.98 bits per heavy atom. The van der Waals surface area contributed by atoms with Gasteiger partial charge in [-0.15, -0.1) is 11.3 Å². The number of nitrogens with two attached hydrogens (primary N) is 2. The van der Waals surface area contributed by atoms with Crippen molar-refractivity contribution >= 4 is 33.8 Å². The van der Waals surface area contributed by atoms with Gasteiger partial charge in [-0.05, 0) is 76.3 Å². The van der Waals surface area contributed by atoms with Crippen molar-refractivity contribution in [3.63, 3.8) is 0 Å². The van der Waals surface area contributed by atoms with Crippen molar-refractivity contribution in [1.29, 1.82) is 5.26 Å². The van der Waals surface area contributed by atoms with Crippen LogP contribution in [0.4, 0.5) is 10.9 Å². The number of anilines is 2. The Morgan fingerprint density at radius 1 is 1.20 bits per heavy atom. The van der Waals surface area contributed by atoms with Gasteiger partial charge in [-0.3, -0.25) is 9.69 Å². The summed E-state index contributed by atoms with van der Waals surface area (Å²) >= 11 is 1.47. The normalized spacial score (nSPS) is 27.8. The highest BCUT2D eigenvalue weighted by Gasteiger charge is 2.49. The molecule has 0 radical (unpaired) electrons. The molecule has 212 valence electrons. The van der Waals surface area contributed by atoms with E-state index in [1.165, 1.54) is 11.3 Å². The Bertz CT molecular complexity index is 1360. The second kappa shape index (κ2) is 11.1. The number of carbonyl (C=O) groups is 1. The Labute approximate surface area is 240 Å². The minimum Gasteiger partial charge on any atom is -0.397 e. The number of hydrogen-bond acceptors (Lipinski definition) is 10. The third kappa shape index (κ3) is 4.68. The Kier molecular flexibility index (Phi) is 7.55. The minimum absolute atomic E-state index is 0.0434. The number of nitriles is 1. The number of hydrogen-bond donors (Lipinski definition) is 2. The number of carbonyl (C=O) groups excluding carboxylic acids is 1. The molecule has 0 aromatic carbocycles. The van der Waals surface area contributed by atoms with Crippen molar-refractivity contribution in [3.8, 4) is 6.07 Å². The SMILES string of the molecule is C[C@H]1CN(C2CCOCC2)CCCN1c1nccc(C(N)=C2CCC[C@@]3(CCCc4sc(N)c(C#N)c43)C2=O)n1. The van der Waals surface area contributed by atoms with Gasteiger partial charge in [0.05, 0.1) is 22.4 Å². The van der Waals surface area contributed by atoms with E-state index >= 15 is 0 Å². The van der Waals surface area contributed by atoms with Crippen LogP contribution in [0.2, 0.25) is 0 Å². The van der Waals surface area contributed by atoms with E-state index in [4.69, 9.17) is 21.2 Å². The lowest BCUT2D eigenvalue weighted by atomic mass is 9.61. The number of ether oxygens (including phenoxy) is 1. The molecular weight excluding hydrogens is 522 g/mol. The summed E-state index contributed by atoms with van der Waals surface area (Å²) in [5.41, 5.74) is 15.3. The van der Waals surface area contributed by atoms with Crippen LogP contribution in [0.15, 0.2) is 17.8 Å². The van der Waals surface area contributed by atoms with Gasteiger partial charge in [0.25, 0.3) is 0 Å². The molecule has 6 rings (SSSR count). The van der Waals surface area contributed by atoms with Crippen LogP contribution in [-0.4, -0.2) is 65.6 Å². The molecular formula is C30H39N7O2S. The van der Waals surface area contributed by atoms with Crippen LogP contribution in [0.3, 0.4) is 0 Å². The zero-order valence-electron chi connectivity index (χ0n) is 23.3. The number of thiophene rings is 1. The van der Waals surface area contributed by atoms with Crippen LogP contribution in [-0.2, 0) is 21.4 Å². The molecule has 40 heavy (non-hydrogen) atoms. The Hall–Kier alpha value is -3.00. The van der Waals surface area contributed by atoms with E-state index in [0.717, 1.165) is 94.7 Å². The largest absolute Gasteiger partial charge is 0.397 e. The number of nitrogen functional groups attached to an aromatic ring is 1. The molecule has 10 heteroatoms. The van der Waals surface area contributed by atoms with E-state index in [-0.39, 0.29) is 11.8 Å². The first-order valence-electron chi connectivity index (χ1n) is 14.7. The zero-order valence-corrected chi connectivity index (χ0v) is 24.1. The van der Waals surface area contributed by atoms with Crippen molar-refractivity contribution in [1.82, 2.24) is 14.9 Å². The molecule has 1 spiro atoms. The molecule has 0 bridgehead atoms. The van der Waals surface area contributed by atoms with E-state index in [0.29, 0.717) is 45.9 Å². The number of nitrogens with zero attached hydrogens (tertiary/aromatic N) is 5. The van der Waals surface area contributed by atoms with Gasteiger partial charge in [0.2, 0.25) is 5.95 Å². The number of rotatable bonds is 3. The fourth-order valence-electron chi connectivity index (χ4n) is 7.45. The molecule has 1 saturated carbocycles. The first-order chi connectivity index (χ1) is 19.4. The van der Waals surface area contributed by atoms with E-state index in [1.807, 2.05) is 6.07 Å². The third-order valence-corrected chi connectivity index (χ3v) is 10.5. The van der Waals surface area contributed by atoms with E-state index in [2.05, 4.69) is 27.8 Å². The van der Waals surface area contributed by atoms with Crippen LogP contribution in [0.1, 0.15) is 80.0 Å². The molecule has 2 aliphatic carbocycles. The van der Waals surface area contributed by atoms with Crippen molar-refractivity contribution in [2.24, 2.45) is 5.73 Å². The summed E-state index contributed by atoms with van der Waals surface area (Å²) in [5.74, 6) is 0.708. The van der Waals surface area contributed by atoms with E-state index in [1.54, 1.807) is 6.20 Å². The van der Waals surface area contributed by atoms with Crippen molar-refractivity contribution in [2.75, 3.05) is 43.5 Å². The van der Waals surface area contributed by atoms with E-state index < -0.39 is 5.41 Å². The maximum atomic E-state index is 14.3. The van der Waals surface area contributed by atoms with Crippen molar-refractivity contribution in [3.05, 3.63) is 39.5 Å². The predicted octanol–water partition coefficient (Wildman–Crippen LogP) is 3.77. The monoisotopic (exact) mass is 561 g/mol. The quantitative estimate of drug-likeness (QED) is 0.537. The molecule has 4 aliphatic rings. The van der Waals surface area contributed by atoms with E-state index in [9.17, 15) is 10.1 Å². The lowest BCUT2D eigenvalue weighted by Gasteiger charge is -2.40. The summed E-state index contributed by atoms with van der Waals surface area (Å²) in [5, 5.41) is 10.4. The average Bonchev–Trinajstić information content (AvgIpc) is 3.19. The van der Waals surface area contributed by atoms with Gasteiger partial charge in [-0.2, -0.15) is 5.26 Å². The maximum Gasteiger partial charge on any atom is 0.226 e. The molecule has 2 atom stereocenters. The van der Waals surface area contributed by atoms with Gasteiger partial charge in [0, 0.05) is 61.6 Å². The summed E-state index contributed by atoms with van der Waals surface area (Å²) < 4.78 is 5.58. The molecule has 2 saturated heterocycles. The summed E-state index contributed by atoms with van der Waals surface area (Å²) in [7, 11) is 0. The molecule has 4 heterocycles. The van der Waals surface area contributed by atoms with Gasteiger partial charge in [-0.25, -0.2) is 9.97 Å². The molecule has 0 unspecified atom stereocenters. The summed E-state index contributed by atoms with van der Waals surface area (Å²) in [6.07, 6.45) is 9.66. The summed E-state index contributed by atoms with van der Waals surface area (Å²) in [6, 6.07) is 4.94. The fraction of sp³-hybridized carbons (Fsp3) is 0.600. The lowest BCUT2D eigenvalue weighted by molar-refractivity contribution is -0.122. The van der Waals surface area contributed by atoms with Crippen LogP contribution in [0, 0.1) is 11.3 Å². The minimum atomic E-state index is -0.715. The number of ketones is 1. The van der Waals surface area contributed by atoms with Gasteiger partial charge in [0.1, 0.15) is 11.1 Å². The smallest absolute Gasteiger partial charge is 0.226 e. The second-order valence-corrected chi connectivity index (χ2v) is 12.9. The van der Waals surface area contributed by atoms with Crippen LogP contribution in [0.25, 0.3) is 5.70 Å². The van der Waals surface area contributed by atoms with Crippen LogP contribution in [0.5, 0.6) is 0 Å². The van der Waals surface area contributed by atoms with Gasteiger partial charge in [0.15, 0.2) is 5.78 Å². The number of Topliss-reactive ketones (excluding diaryl/α,β-unsaturated/α-hetero) is 1. The van der Waals surface area contributed by atoms with Crippen molar-refractivity contribution < 1.29 is 9.53 Å². The van der Waals surface area contributed by atoms with Crippen molar-refractivity contribution in [2.45, 2.75) is 82.2 Å². The highest BCUT2D eigenvalue weighted by atomic mass is 32.1. The number of allylic oxidation sites excluding steroid dienone is 1. The summed E-state index contributed by atoms with van der Waals surface area (Å²) in [6.45, 7) is 6.83. The molecule has 9 nitrogen and oxygen atoms in total. The third-order valence-electron chi connectivity index (χ3n) is 9.43. The number of aromatic nitrogens is 2. The van der Waals surface area contributed by atoms with Crippen LogP contribution < -0.4 is 16.4 Å². The first kappa shape index (κ1) is 27.2. The fourth-order valence-corrected chi connectivity index (χ4v) is 8.61. The topological polar surface area (TPSA) is 134 Å². The number of fused-ring (bicyclic) bond motifs is 2. The van der Waals surface area contributed by atoms with Crippen LogP contribution >= 0.6 is 11.3 Å². The highest BCUT2D eigenvalue weighted by molar-refractivity contribution is 7.16. The number of aryl methyl sites for hydroxylation is 1. The molecule has 2 aromatic rings. The lowest BCUT2D eigenvalue weighted by Crippen LogP contribution is -2.45. The standard InChI is InChI=1S/C30H39N7O2S/c1-19-18-36(20-8-15-39-16-9-20)13-4-14-37(19)29-34-12-7-23(35-29)26(32)21-5-2-10-30(27(21)38)11-3-6-24-25(30)22(17-31)28(33)40-24/h7,12,19-20H,2-6,8-11,13-16,18,32-33H2,1H3/t19-,30-/m0/s1. The van der Waals surface area contributed by atoms with Gasteiger partial charge < -0.3 is 21.1 Å². The maximum absolute atomic E-state index is 14.3. The highest BCUT2D eigenvalue weighted by Crippen LogP contribution is 2.52.